The zero-order chi connectivity index (χ0) is 8.15. The normalized spacial score (nSPS) is 12.2. The average Bonchev–Trinajstić information content (AvgIpc) is 1.82. The maximum absolute atomic E-state index is 10.2. The van der Waals surface area contributed by atoms with Crippen molar-refractivity contribution in [2.75, 3.05) is 6.61 Å². The molecule has 0 bridgehead atoms. The lowest BCUT2D eigenvalue weighted by Gasteiger charge is -2.05. The van der Waals surface area contributed by atoms with Gasteiger partial charge in [-0.15, -0.1) is 0 Å². The van der Waals surface area contributed by atoms with Gasteiger partial charge in [-0.3, -0.25) is 9.59 Å². The van der Waals surface area contributed by atoms with Gasteiger partial charge in [0.1, 0.15) is 12.6 Å². The maximum atomic E-state index is 10.2. The molecule has 1 atom stereocenters. The Kier molecular flexibility index (Phi) is 3.42. The Bertz CT molecular complexity index is 146. The van der Waals surface area contributed by atoms with E-state index in [1.165, 1.54) is 6.92 Å². The van der Waals surface area contributed by atoms with Crippen molar-refractivity contribution < 1.29 is 14.3 Å². The summed E-state index contributed by atoms with van der Waals surface area (Å²) in [6.07, 6.45) is 0. The summed E-state index contributed by atoms with van der Waals surface area (Å²) in [5, 5.41) is 0. The van der Waals surface area contributed by atoms with Crippen molar-refractivity contribution in [1.29, 1.82) is 0 Å². The van der Waals surface area contributed by atoms with E-state index >= 15 is 0 Å². The van der Waals surface area contributed by atoms with Gasteiger partial charge in [0.15, 0.2) is 0 Å². The molecule has 0 heterocycles. The Labute approximate surface area is 58.3 Å². The Hall–Kier alpha value is -1.10. The van der Waals surface area contributed by atoms with Gasteiger partial charge in [-0.25, -0.2) is 0 Å². The van der Waals surface area contributed by atoms with Crippen LogP contribution in [0.2, 0.25) is 0 Å². The zero-order valence-electron chi connectivity index (χ0n) is 5.66. The van der Waals surface area contributed by atoms with Crippen LogP contribution in [0.3, 0.4) is 0 Å². The van der Waals surface area contributed by atoms with Crippen molar-refractivity contribution in [2.45, 2.75) is 13.0 Å². The summed E-state index contributed by atoms with van der Waals surface area (Å²) in [5.74, 6) is -1.15. The molecule has 0 aromatic rings. The van der Waals surface area contributed by atoms with Crippen molar-refractivity contribution >= 4 is 11.9 Å². The monoisotopic (exact) mass is 146 g/mol. The van der Waals surface area contributed by atoms with Gasteiger partial charge in [0.05, 0.1) is 0 Å². The second-order valence-corrected chi connectivity index (χ2v) is 1.81. The number of carbonyl (C=O) groups excluding carboxylic acids is 2. The van der Waals surface area contributed by atoms with Gasteiger partial charge in [0.25, 0.3) is 0 Å². The fraction of sp³-hybridized carbons (Fsp3) is 0.600. The van der Waals surface area contributed by atoms with Gasteiger partial charge in [0, 0.05) is 6.92 Å². The van der Waals surface area contributed by atoms with E-state index < -0.39 is 17.9 Å². The number of rotatable bonds is 3. The number of carbonyl (C=O) groups is 2. The van der Waals surface area contributed by atoms with Crippen LogP contribution in [0, 0.1) is 0 Å². The molecule has 0 aromatic carbocycles. The highest BCUT2D eigenvalue weighted by atomic mass is 16.5. The van der Waals surface area contributed by atoms with E-state index in [1.54, 1.807) is 0 Å². The number of nitrogens with two attached hydrogens (primary N) is 2. The third-order valence-electron chi connectivity index (χ3n) is 0.832. The molecule has 0 aliphatic carbocycles. The van der Waals surface area contributed by atoms with Crippen LogP contribution in [0.4, 0.5) is 0 Å². The molecular weight excluding hydrogens is 136 g/mol. The second-order valence-electron chi connectivity index (χ2n) is 1.81. The summed E-state index contributed by atoms with van der Waals surface area (Å²) in [4.78, 5) is 20.4. The predicted octanol–water partition coefficient (Wildman–Crippen LogP) is -1.64. The molecule has 0 spiro atoms. The second kappa shape index (κ2) is 3.84. The number of amides is 1. The van der Waals surface area contributed by atoms with Crippen LogP contribution >= 0.6 is 0 Å². The van der Waals surface area contributed by atoms with Crippen molar-refractivity contribution in [2.24, 2.45) is 11.5 Å². The summed E-state index contributed by atoms with van der Waals surface area (Å²) < 4.78 is 4.40. The Morgan fingerprint density at radius 3 is 2.40 bits per heavy atom. The number of ether oxygens (including phenoxy) is 1. The van der Waals surface area contributed by atoms with E-state index in [0.717, 1.165) is 0 Å². The quantitative estimate of drug-likeness (QED) is 0.467. The molecule has 0 radical (unpaired) electrons. The molecule has 0 aliphatic heterocycles. The van der Waals surface area contributed by atoms with E-state index in [4.69, 9.17) is 11.5 Å². The maximum Gasteiger partial charge on any atom is 0.302 e. The first-order valence-electron chi connectivity index (χ1n) is 2.72. The van der Waals surface area contributed by atoms with Crippen LogP contribution in [0.25, 0.3) is 0 Å². The summed E-state index contributed by atoms with van der Waals surface area (Å²) in [5.41, 5.74) is 9.88. The molecule has 0 saturated heterocycles. The molecule has 58 valence electrons. The summed E-state index contributed by atoms with van der Waals surface area (Å²) >= 11 is 0. The summed E-state index contributed by atoms with van der Waals surface area (Å²) in [6.45, 7) is 1.08. The number of hydrogen-bond acceptors (Lipinski definition) is 4. The number of hydrogen-bond donors (Lipinski definition) is 2. The minimum absolute atomic E-state index is 0.148. The van der Waals surface area contributed by atoms with Crippen LogP contribution in [0.1, 0.15) is 6.92 Å². The molecule has 0 fully saturated rings. The smallest absolute Gasteiger partial charge is 0.302 e. The molecule has 0 rings (SSSR count). The minimum Gasteiger partial charge on any atom is -0.464 e. The lowest BCUT2D eigenvalue weighted by Crippen LogP contribution is -2.40. The Balaban J connectivity index is 3.49. The fourth-order valence-electron chi connectivity index (χ4n) is 0.289. The van der Waals surface area contributed by atoms with Crippen LogP contribution in [0.5, 0.6) is 0 Å². The van der Waals surface area contributed by atoms with Gasteiger partial charge in [0.2, 0.25) is 5.91 Å². The molecule has 0 saturated carbocycles. The average molecular weight is 146 g/mol. The van der Waals surface area contributed by atoms with Gasteiger partial charge < -0.3 is 16.2 Å². The van der Waals surface area contributed by atoms with Crippen molar-refractivity contribution in [1.82, 2.24) is 0 Å². The third-order valence-corrected chi connectivity index (χ3v) is 0.832. The van der Waals surface area contributed by atoms with Gasteiger partial charge in [-0.2, -0.15) is 0 Å². The number of primary amides is 1. The molecule has 4 N–H and O–H groups in total. The van der Waals surface area contributed by atoms with E-state index in [1.807, 2.05) is 0 Å². The van der Waals surface area contributed by atoms with Gasteiger partial charge in [-0.1, -0.05) is 0 Å². The van der Waals surface area contributed by atoms with Crippen molar-refractivity contribution in [3.63, 3.8) is 0 Å². The first kappa shape index (κ1) is 8.90. The predicted molar refractivity (Wildman–Crippen MR) is 33.8 cm³/mol. The van der Waals surface area contributed by atoms with E-state index in [9.17, 15) is 9.59 Å². The Morgan fingerprint density at radius 1 is 1.60 bits per heavy atom. The van der Waals surface area contributed by atoms with Gasteiger partial charge in [-0.05, 0) is 0 Å². The van der Waals surface area contributed by atoms with Crippen molar-refractivity contribution in [3.8, 4) is 0 Å². The van der Waals surface area contributed by atoms with Gasteiger partial charge >= 0.3 is 5.97 Å². The largest absolute Gasteiger partial charge is 0.464 e. The molecule has 1 amide bonds. The lowest BCUT2D eigenvalue weighted by molar-refractivity contribution is -0.142. The molecule has 0 aromatic heterocycles. The molecule has 10 heavy (non-hydrogen) atoms. The molecule has 5 nitrogen and oxygen atoms in total. The standard InChI is InChI=1S/C5H10N2O3/c1-3(8)10-2-4(6)5(7)9/h4H,2,6H2,1H3,(H2,7,9)/t4-/m0/s1. The van der Waals surface area contributed by atoms with Crippen LogP contribution in [-0.2, 0) is 14.3 Å². The van der Waals surface area contributed by atoms with E-state index in [0.29, 0.717) is 0 Å². The zero-order valence-corrected chi connectivity index (χ0v) is 5.66. The summed E-state index contributed by atoms with van der Waals surface area (Å²) in [7, 11) is 0. The molecule has 0 unspecified atom stereocenters. The first-order chi connectivity index (χ1) is 4.54. The molecule has 5 heteroatoms. The highest BCUT2D eigenvalue weighted by molar-refractivity contribution is 5.80. The van der Waals surface area contributed by atoms with Crippen molar-refractivity contribution in [3.05, 3.63) is 0 Å². The molecule has 0 aliphatic rings. The fourth-order valence-corrected chi connectivity index (χ4v) is 0.289. The van der Waals surface area contributed by atoms with Crippen LogP contribution in [-0.4, -0.2) is 24.5 Å². The van der Waals surface area contributed by atoms with Crippen LogP contribution in [0.15, 0.2) is 0 Å². The van der Waals surface area contributed by atoms with E-state index in [-0.39, 0.29) is 6.61 Å². The van der Waals surface area contributed by atoms with E-state index in [2.05, 4.69) is 4.74 Å². The SMILES string of the molecule is CC(=O)OC[C@H](N)C(N)=O. The molecular formula is C5H10N2O3. The number of esters is 1. The summed E-state index contributed by atoms with van der Waals surface area (Å²) in [6, 6.07) is -0.899. The third kappa shape index (κ3) is 3.85. The highest BCUT2D eigenvalue weighted by Gasteiger charge is 2.09. The lowest BCUT2D eigenvalue weighted by atomic mass is 10.3. The first-order valence-corrected chi connectivity index (χ1v) is 2.72. The van der Waals surface area contributed by atoms with Crippen LogP contribution < -0.4 is 11.5 Å². The highest BCUT2D eigenvalue weighted by Crippen LogP contribution is 1.80. The minimum atomic E-state index is -0.899. The topological polar surface area (TPSA) is 95.4 Å². The Morgan fingerprint density at radius 2 is 2.10 bits per heavy atom.